The minimum atomic E-state index is -0.454. The van der Waals surface area contributed by atoms with E-state index in [2.05, 4.69) is 21.0 Å². The van der Waals surface area contributed by atoms with E-state index in [1.807, 2.05) is 0 Å². The summed E-state index contributed by atoms with van der Waals surface area (Å²) >= 11 is 2.96. The molecule has 1 heterocycles. The first kappa shape index (κ1) is 3.00. The molecule has 0 saturated carbocycles. The molecule has 0 bridgehead atoms. The van der Waals surface area contributed by atoms with Crippen LogP contribution in [0.1, 0.15) is 9.60 Å². The predicted molar refractivity (Wildman–Crippen MR) is 51.3 cm³/mol. The molecule has 0 aliphatic heterocycles. The van der Waals surface area contributed by atoms with Crippen LogP contribution in [0.2, 0.25) is 0 Å². The average Bonchev–Trinajstić information content (AvgIpc) is 2.62. The van der Waals surface area contributed by atoms with E-state index < -0.39 is 18.4 Å². The van der Waals surface area contributed by atoms with Gasteiger partial charge in [0.2, 0.25) is 0 Å². The number of aromatic nitrogens is 2. The molecule has 0 fully saturated rings. The molecule has 0 unspecified atom stereocenters. The maximum atomic E-state index is 7.80. The van der Waals surface area contributed by atoms with Crippen molar-refractivity contribution in [3.05, 3.63) is 47.0 Å². The monoisotopic (exact) mass is 229 g/mol. The lowest BCUT2D eigenvalue weighted by atomic mass is 10.3. The fraction of sp³-hybridized carbons (Fsp3) is 0. The number of halogens is 1. The van der Waals surface area contributed by atoms with Crippen LogP contribution < -0.4 is 0 Å². The highest BCUT2D eigenvalue weighted by atomic mass is 79.9. The first-order valence-corrected chi connectivity index (χ1v) is 3.85. The normalized spacial score (nSPS) is 18.2. The average molecular weight is 230 g/mol. The molecule has 2 rings (SSSR count). The maximum Gasteiger partial charge on any atom is 0.0860 e. The topological polar surface area (TPSA) is 17.8 Å². The smallest absolute Gasteiger partial charge is 0.0860 e. The standard InChI is InChI=1S/C9H7BrN2/c10-8-2-4-9(5-3-8)12-7-1-6-11-12/h1-7H/i1D,2D,3D,4D,5D,6D,7D. The molecular formula is C9H7BrN2. The van der Waals surface area contributed by atoms with Crippen LogP contribution in [0.3, 0.4) is 0 Å². The van der Waals surface area contributed by atoms with E-state index in [4.69, 9.17) is 9.60 Å². The summed E-state index contributed by atoms with van der Waals surface area (Å²) in [7, 11) is 0. The van der Waals surface area contributed by atoms with Gasteiger partial charge in [0.05, 0.1) is 15.3 Å². The Morgan fingerprint density at radius 3 is 2.67 bits per heavy atom. The first-order chi connectivity index (χ1) is 8.77. The number of benzene rings is 1. The van der Waals surface area contributed by atoms with Gasteiger partial charge in [-0.15, -0.1) is 0 Å². The molecule has 0 aliphatic rings. The summed E-state index contributed by atoms with van der Waals surface area (Å²) in [6.07, 6.45) is -0.905. The molecule has 2 aromatic rings. The van der Waals surface area contributed by atoms with E-state index in [9.17, 15) is 0 Å². The molecular weight excluding hydrogens is 216 g/mol. The Morgan fingerprint density at radius 2 is 2.08 bits per heavy atom. The van der Waals surface area contributed by atoms with Crippen molar-refractivity contribution in [2.45, 2.75) is 0 Å². The Bertz CT molecular complexity index is 653. The summed E-state index contributed by atoms with van der Waals surface area (Å²) in [5.74, 6) is 0. The second-order valence-corrected chi connectivity index (χ2v) is 2.72. The molecule has 3 heteroatoms. The van der Waals surface area contributed by atoms with Crippen LogP contribution in [0.25, 0.3) is 5.69 Å². The molecule has 60 valence electrons. The largest absolute Gasteiger partial charge is 0.241 e. The first-order valence-electron chi connectivity index (χ1n) is 6.56. The van der Waals surface area contributed by atoms with Crippen molar-refractivity contribution < 1.29 is 9.60 Å². The highest BCUT2D eigenvalue weighted by Gasteiger charge is 1.93. The Hall–Kier alpha value is -1.09. The van der Waals surface area contributed by atoms with Gasteiger partial charge < -0.3 is 0 Å². The third kappa shape index (κ3) is 1.41. The molecule has 1 aromatic heterocycles. The number of nitrogens with zero attached hydrogens (tertiary/aromatic N) is 2. The molecule has 0 spiro atoms. The van der Waals surface area contributed by atoms with Crippen LogP contribution >= 0.6 is 15.9 Å². The lowest BCUT2D eigenvalue weighted by Crippen LogP contribution is -1.92. The van der Waals surface area contributed by atoms with Crippen molar-refractivity contribution in [3.63, 3.8) is 0 Å². The summed E-state index contributed by atoms with van der Waals surface area (Å²) in [4.78, 5) is 0. The van der Waals surface area contributed by atoms with E-state index in [0.717, 1.165) is 4.68 Å². The number of hydrogen-bond acceptors (Lipinski definition) is 1. The molecule has 0 N–H and O–H groups in total. The van der Waals surface area contributed by atoms with Gasteiger partial charge in [0.15, 0.2) is 0 Å². The fourth-order valence-electron chi connectivity index (χ4n) is 0.680. The van der Waals surface area contributed by atoms with Crippen LogP contribution in [0.15, 0.2) is 47.0 Å². The summed E-state index contributed by atoms with van der Waals surface area (Å²) in [6.45, 7) is 0. The molecule has 0 aliphatic carbocycles. The zero-order chi connectivity index (χ0) is 14.5. The van der Waals surface area contributed by atoms with Crippen molar-refractivity contribution in [2.75, 3.05) is 0 Å². The van der Waals surface area contributed by atoms with Gasteiger partial charge in [-0.25, -0.2) is 4.68 Å². The summed E-state index contributed by atoms with van der Waals surface area (Å²) < 4.78 is 54.1. The van der Waals surface area contributed by atoms with Gasteiger partial charge in [-0.05, 0) is 30.2 Å². The summed E-state index contributed by atoms with van der Waals surface area (Å²) in [6, 6.07) is -1.81. The predicted octanol–water partition coefficient (Wildman–Crippen LogP) is 2.63. The second kappa shape index (κ2) is 3.11. The molecule has 0 saturated heterocycles. The Kier molecular flexibility index (Phi) is 0.776. The van der Waals surface area contributed by atoms with Crippen molar-refractivity contribution in [2.24, 2.45) is 0 Å². The van der Waals surface area contributed by atoms with Crippen LogP contribution in [0.5, 0.6) is 0 Å². The molecule has 12 heavy (non-hydrogen) atoms. The second-order valence-electron chi connectivity index (χ2n) is 1.92. The van der Waals surface area contributed by atoms with Crippen molar-refractivity contribution in [1.82, 2.24) is 9.78 Å². The van der Waals surface area contributed by atoms with Crippen LogP contribution in [-0.2, 0) is 0 Å². The molecule has 0 radical (unpaired) electrons. The van der Waals surface area contributed by atoms with Gasteiger partial charge in [-0.3, -0.25) is 0 Å². The van der Waals surface area contributed by atoms with Gasteiger partial charge in [0, 0.05) is 16.8 Å². The molecule has 1 aromatic carbocycles. The summed E-state index contributed by atoms with van der Waals surface area (Å²) in [5, 5.41) is 3.60. The van der Waals surface area contributed by atoms with Gasteiger partial charge in [0.25, 0.3) is 0 Å². The fourth-order valence-corrected chi connectivity index (χ4v) is 0.879. The highest BCUT2D eigenvalue weighted by molar-refractivity contribution is 9.10. The highest BCUT2D eigenvalue weighted by Crippen LogP contribution is 2.12. The SMILES string of the molecule is [2H]c1nn(-c2c([2H])c([2H])c(Br)c([2H])c2[2H])c([2H])c1[2H]. The third-order valence-electron chi connectivity index (χ3n) is 1.16. The van der Waals surface area contributed by atoms with Crippen molar-refractivity contribution in [1.29, 1.82) is 0 Å². The van der Waals surface area contributed by atoms with Crippen LogP contribution in [0.4, 0.5) is 0 Å². The quantitative estimate of drug-likeness (QED) is 0.736. The van der Waals surface area contributed by atoms with E-state index >= 15 is 0 Å². The lowest BCUT2D eigenvalue weighted by molar-refractivity contribution is 0.880. The van der Waals surface area contributed by atoms with E-state index in [0.29, 0.717) is 0 Å². The minimum Gasteiger partial charge on any atom is -0.241 e. The van der Waals surface area contributed by atoms with E-state index in [1.54, 1.807) is 0 Å². The third-order valence-corrected chi connectivity index (χ3v) is 1.56. The van der Waals surface area contributed by atoms with E-state index in [-0.39, 0.29) is 34.3 Å². The van der Waals surface area contributed by atoms with Gasteiger partial charge in [-0.1, -0.05) is 15.9 Å². The van der Waals surface area contributed by atoms with Crippen molar-refractivity contribution in [3.8, 4) is 5.69 Å². The lowest BCUT2D eigenvalue weighted by Gasteiger charge is -1.99. The minimum absolute atomic E-state index is 0.0159. The Balaban J connectivity index is 2.87. The van der Waals surface area contributed by atoms with Crippen LogP contribution in [-0.4, -0.2) is 9.78 Å². The van der Waals surface area contributed by atoms with Gasteiger partial charge in [-0.2, -0.15) is 5.10 Å². The zero-order valence-corrected chi connectivity index (χ0v) is 7.36. The van der Waals surface area contributed by atoms with Crippen molar-refractivity contribution >= 4 is 15.9 Å². The number of rotatable bonds is 1. The molecule has 2 nitrogen and oxygen atoms in total. The summed E-state index contributed by atoms with van der Waals surface area (Å²) in [5.41, 5.74) is -0.241. The van der Waals surface area contributed by atoms with Gasteiger partial charge >= 0.3 is 0 Å². The molecule has 0 atom stereocenters. The maximum absolute atomic E-state index is 7.80. The zero-order valence-electron chi connectivity index (χ0n) is 12.8. The molecule has 0 amide bonds. The Morgan fingerprint density at radius 1 is 1.33 bits per heavy atom. The Labute approximate surface area is 88.8 Å². The van der Waals surface area contributed by atoms with E-state index in [1.165, 1.54) is 0 Å². The van der Waals surface area contributed by atoms with Crippen LogP contribution in [0, 0.1) is 0 Å². The van der Waals surface area contributed by atoms with Gasteiger partial charge in [0.1, 0.15) is 0 Å². The number of hydrogen-bond donors (Lipinski definition) is 0.